The second kappa shape index (κ2) is 12.9. The summed E-state index contributed by atoms with van der Waals surface area (Å²) in [6.45, 7) is 5.06. The number of aliphatic hydroxyl groups excluding tert-OH is 1. The molecule has 0 aromatic heterocycles. The van der Waals surface area contributed by atoms with Crippen molar-refractivity contribution in [2.75, 3.05) is 11.5 Å². The molecule has 0 aliphatic rings. The molecule has 0 fully saturated rings. The Kier molecular flexibility index (Phi) is 12.2. The van der Waals surface area contributed by atoms with E-state index in [1.165, 1.54) is 6.92 Å². The van der Waals surface area contributed by atoms with Crippen molar-refractivity contribution in [2.45, 2.75) is 57.5 Å². The molecule has 0 aliphatic heterocycles. The van der Waals surface area contributed by atoms with Crippen LogP contribution in [0.4, 0.5) is 0 Å². The summed E-state index contributed by atoms with van der Waals surface area (Å²) in [7, 11) is 0. The number of aliphatic hydroxyl groups is 1. The monoisotopic (exact) mass is 438 g/mol. The molecule has 0 spiro atoms. The maximum Gasteiger partial charge on any atom is 0.327 e. The number of carboxylic acid groups (broad SMARTS) is 1. The van der Waals surface area contributed by atoms with E-state index in [0.29, 0.717) is 6.42 Å². The van der Waals surface area contributed by atoms with Gasteiger partial charge in [0.25, 0.3) is 0 Å². The van der Waals surface area contributed by atoms with Crippen LogP contribution in [-0.2, 0) is 19.2 Å². The summed E-state index contributed by atoms with van der Waals surface area (Å²) in [4.78, 5) is 47.8. The second-order valence-corrected chi connectivity index (χ2v) is 7.52. The molecule has 10 nitrogen and oxygen atoms in total. The van der Waals surface area contributed by atoms with E-state index in [9.17, 15) is 24.3 Å². The first-order chi connectivity index (χ1) is 12.9. The Morgan fingerprint density at radius 2 is 1.39 bits per heavy atom. The molecule has 7 N–H and O–H groups in total. The number of hydrogen-bond acceptors (Lipinski definition) is 8. The minimum Gasteiger partial charge on any atom is -0.480 e. The first-order valence-corrected chi connectivity index (χ1v) is 10.00. The van der Waals surface area contributed by atoms with E-state index in [1.54, 1.807) is 0 Å². The van der Waals surface area contributed by atoms with E-state index in [1.807, 2.05) is 13.8 Å². The summed E-state index contributed by atoms with van der Waals surface area (Å²) in [5.74, 6) is -3.58. The number of rotatable bonds is 12. The number of carboxylic acids is 1. The highest BCUT2D eigenvalue weighted by Gasteiger charge is 2.32. The van der Waals surface area contributed by atoms with Crippen molar-refractivity contribution >= 4 is 48.9 Å². The molecule has 0 aliphatic carbocycles. The fourth-order valence-electron chi connectivity index (χ4n) is 2.19. The smallest absolute Gasteiger partial charge is 0.327 e. The largest absolute Gasteiger partial charge is 0.480 e. The van der Waals surface area contributed by atoms with E-state index in [-0.39, 0.29) is 17.4 Å². The summed E-state index contributed by atoms with van der Waals surface area (Å²) in [5, 5.41) is 25.7. The summed E-state index contributed by atoms with van der Waals surface area (Å²) in [5.41, 5.74) is 5.78. The number of aliphatic carboxylic acids is 1. The first-order valence-electron chi connectivity index (χ1n) is 8.73. The zero-order valence-corrected chi connectivity index (χ0v) is 17.9. The lowest BCUT2D eigenvalue weighted by molar-refractivity contribution is -0.142. The molecule has 0 bridgehead atoms. The van der Waals surface area contributed by atoms with Crippen molar-refractivity contribution in [1.82, 2.24) is 16.0 Å². The normalized spacial score (nSPS) is 16.4. The van der Waals surface area contributed by atoms with Crippen molar-refractivity contribution < 1.29 is 29.4 Å². The van der Waals surface area contributed by atoms with Gasteiger partial charge >= 0.3 is 5.97 Å². The van der Waals surface area contributed by atoms with Crippen LogP contribution in [0.1, 0.15) is 27.2 Å². The fraction of sp³-hybridized carbons (Fsp3) is 0.750. The molecule has 0 saturated heterocycles. The molecular weight excluding hydrogens is 408 g/mol. The lowest BCUT2D eigenvalue weighted by Crippen LogP contribution is -2.60. The van der Waals surface area contributed by atoms with Crippen molar-refractivity contribution in [2.24, 2.45) is 11.7 Å². The van der Waals surface area contributed by atoms with Crippen molar-refractivity contribution in [1.29, 1.82) is 0 Å². The zero-order valence-electron chi connectivity index (χ0n) is 16.1. The van der Waals surface area contributed by atoms with Gasteiger partial charge in [-0.05, 0) is 19.3 Å². The number of carbonyl (C=O) groups excluding carboxylic acids is 3. The molecule has 0 heterocycles. The summed E-state index contributed by atoms with van der Waals surface area (Å²) >= 11 is 7.86. The van der Waals surface area contributed by atoms with E-state index < -0.39 is 54.0 Å². The molecular formula is C16H30N4O6S2. The van der Waals surface area contributed by atoms with Crippen LogP contribution >= 0.6 is 25.3 Å². The lowest BCUT2D eigenvalue weighted by atomic mass is 10.0. The van der Waals surface area contributed by atoms with E-state index in [0.717, 1.165) is 0 Å². The molecule has 0 radical (unpaired) electrons. The number of thiol groups is 2. The van der Waals surface area contributed by atoms with E-state index >= 15 is 0 Å². The molecule has 0 aromatic carbocycles. The van der Waals surface area contributed by atoms with E-state index in [2.05, 4.69) is 41.2 Å². The van der Waals surface area contributed by atoms with Gasteiger partial charge in [-0.1, -0.05) is 13.8 Å². The lowest BCUT2D eigenvalue weighted by Gasteiger charge is -2.25. The van der Waals surface area contributed by atoms with Gasteiger partial charge in [-0.25, -0.2) is 4.79 Å². The topological polar surface area (TPSA) is 171 Å². The predicted molar refractivity (Wildman–Crippen MR) is 110 cm³/mol. The molecule has 162 valence electrons. The summed E-state index contributed by atoms with van der Waals surface area (Å²) in [6.07, 6.45) is -0.899. The number of amides is 3. The highest BCUT2D eigenvalue weighted by molar-refractivity contribution is 7.80. The van der Waals surface area contributed by atoms with Crippen LogP contribution in [0.25, 0.3) is 0 Å². The Labute approximate surface area is 175 Å². The van der Waals surface area contributed by atoms with Crippen LogP contribution < -0.4 is 21.7 Å². The van der Waals surface area contributed by atoms with Gasteiger partial charge in [-0.2, -0.15) is 25.3 Å². The van der Waals surface area contributed by atoms with Crippen molar-refractivity contribution in [3.05, 3.63) is 0 Å². The quantitative estimate of drug-likeness (QED) is 0.165. The maximum atomic E-state index is 12.4. The standard InChI is InChI=1S/C16H30N4O6S2/c1-7(2)4-9(17)13(22)18-10(5-27)14(23)20-12(8(3)21)15(24)19-11(6-28)16(25)26/h7-12,21,27-28H,4-6,17H2,1-3H3,(H,18,22)(H,19,24)(H,20,23)(H,25,26). The third-order valence-electron chi connectivity index (χ3n) is 3.74. The van der Waals surface area contributed by atoms with Crippen LogP contribution in [0, 0.1) is 5.92 Å². The molecule has 0 aromatic rings. The van der Waals surface area contributed by atoms with Gasteiger partial charge in [0.1, 0.15) is 18.1 Å². The number of nitrogens with one attached hydrogen (secondary N) is 3. The molecule has 0 saturated carbocycles. The third kappa shape index (κ3) is 9.13. The van der Waals surface area contributed by atoms with Crippen LogP contribution in [0.15, 0.2) is 0 Å². The average molecular weight is 439 g/mol. The van der Waals surface area contributed by atoms with Gasteiger partial charge in [0.05, 0.1) is 12.1 Å². The van der Waals surface area contributed by atoms with Gasteiger partial charge in [0.2, 0.25) is 17.7 Å². The van der Waals surface area contributed by atoms with Crippen LogP contribution in [0.2, 0.25) is 0 Å². The molecule has 0 rings (SSSR count). The van der Waals surface area contributed by atoms with Gasteiger partial charge < -0.3 is 31.9 Å². The molecule has 12 heteroatoms. The minimum atomic E-state index is -1.43. The van der Waals surface area contributed by atoms with Gasteiger partial charge in [0, 0.05) is 11.5 Å². The van der Waals surface area contributed by atoms with Gasteiger partial charge in [0.15, 0.2) is 0 Å². The first kappa shape index (κ1) is 26.5. The van der Waals surface area contributed by atoms with Gasteiger partial charge in [-0.15, -0.1) is 0 Å². The van der Waals surface area contributed by atoms with Gasteiger partial charge in [-0.3, -0.25) is 14.4 Å². The van der Waals surface area contributed by atoms with Crippen molar-refractivity contribution in [3.8, 4) is 0 Å². The van der Waals surface area contributed by atoms with Crippen LogP contribution in [0.3, 0.4) is 0 Å². The highest BCUT2D eigenvalue weighted by Crippen LogP contribution is 2.04. The molecule has 3 amide bonds. The summed E-state index contributed by atoms with van der Waals surface area (Å²) in [6, 6.07) is -4.62. The fourth-order valence-corrected chi connectivity index (χ4v) is 2.70. The predicted octanol–water partition coefficient (Wildman–Crippen LogP) is -1.86. The Balaban J connectivity index is 5.07. The second-order valence-electron chi connectivity index (χ2n) is 6.79. The van der Waals surface area contributed by atoms with Crippen LogP contribution in [0.5, 0.6) is 0 Å². The summed E-state index contributed by atoms with van der Waals surface area (Å²) < 4.78 is 0. The number of nitrogens with two attached hydrogens (primary N) is 1. The van der Waals surface area contributed by atoms with Crippen LogP contribution in [-0.4, -0.2) is 75.7 Å². The molecule has 5 atom stereocenters. The maximum absolute atomic E-state index is 12.4. The Hall–Kier alpha value is -1.50. The third-order valence-corrected chi connectivity index (χ3v) is 4.47. The average Bonchev–Trinajstić information content (AvgIpc) is 2.60. The van der Waals surface area contributed by atoms with Crippen molar-refractivity contribution in [3.63, 3.8) is 0 Å². The molecule has 5 unspecified atom stereocenters. The Morgan fingerprint density at radius 1 is 0.893 bits per heavy atom. The Morgan fingerprint density at radius 3 is 1.79 bits per heavy atom. The highest BCUT2D eigenvalue weighted by atomic mass is 32.1. The zero-order chi connectivity index (χ0) is 22.0. The molecule has 28 heavy (non-hydrogen) atoms. The minimum absolute atomic E-state index is 0.0749. The number of hydrogen-bond donors (Lipinski definition) is 8. The Bertz CT molecular complexity index is 561. The number of carbonyl (C=O) groups is 4. The van der Waals surface area contributed by atoms with E-state index in [4.69, 9.17) is 10.8 Å². The SMILES string of the molecule is CC(C)CC(N)C(=O)NC(CS)C(=O)NC(C(=O)NC(CS)C(=O)O)C(C)O.